The summed E-state index contributed by atoms with van der Waals surface area (Å²) in [5, 5.41) is 0. The Morgan fingerprint density at radius 3 is 1.32 bits per heavy atom. The summed E-state index contributed by atoms with van der Waals surface area (Å²) in [5.74, 6) is -33.5. The van der Waals surface area contributed by atoms with Gasteiger partial charge in [-0.2, -0.15) is 35.1 Å². The average Bonchev–Trinajstić information content (AvgIpc) is 2.69. The van der Waals surface area contributed by atoms with Gasteiger partial charge in [-0.05, 0) is 0 Å². The molecule has 15 heteroatoms. The summed E-state index contributed by atoms with van der Waals surface area (Å²) in [4.78, 5) is 22.2. The Hall–Kier alpha value is -2.58. The minimum absolute atomic E-state index is 0.0528. The maximum absolute atomic E-state index is 13.7. The van der Waals surface area contributed by atoms with Crippen LogP contribution in [0.25, 0.3) is 0 Å². The Bertz CT molecular complexity index is 625. The summed E-state index contributed by atoms with van der Waals surface area (Å²) in [6, 6.07) is 0. The van der Waals surface area contributed by atoms with Gasteiger partial charge in [0.05, 0.1) is 25.7 Å². The molecule has 0 bridgehead atoms. The van der Waals surface area contributed by atoms with E-state index in [1.165, 1.54) is 0 Å². The highest BCUT2D eigenvalue weighted by molar-refractivity contribution is 5.82. The molecule has 180 valence electrons. The largest absolute Gasteiger partial charge is 0.499 e. The zero-order chi connectivity index (χ0) is 24.3. The standard InChI is InChI=1S/C16H18F8O7/c1-3-27-5-6-29-8-10-31-12(26)14(19,20)16(23,24)15(21,22)13(17,18)11(25)30-9-7-28-4-2/h3-4H,1-2,5-10H2. The zero-order valence-electron chi connectivity index (χ0n) is 15.7. The molecule has 0 saturated carbocycles. The molecule has 0 N–H and O–H groups in total. The van der Waals surface area contributed by atoms with Gasteiger partial charge in [-0.1, -0.05) is 13.2 Å². The third kappa shape index (κ3) is 6.70. The summed E-state index contributed by atoms with van der Waals surface area (Å²) >= 11 is 0. The van der Waals surface area contributed by atoms with Gasteiger partial charge in [-0.25, -0.2) is 9.59 Å². The number of esters is 2. The lowest BCUT2D eigenvalue weighted by molar-refractivity contribution is -0.354. The molecule has 0 aromatic carbocycles. The van der Waals surface area contributed by atoms with E-state index >= 15 is 0 Å². The highest BCUT2D eigenvalue weighted by atomic mass is 19.4. The number of rotatable bonds is 16. The monoisotopic (exact) mass is 474 g/mol. The minimum Gasteiger partial charge on any atom is -0.499 e. The number of carbonyl (C=O) groups is 2. The first kappa shape index (κ1) is 28.4. The van der Waals surface area contributed by atoms with E-state index in [-0.39, 0.29) is 13.2 Å². The van der Waals surface area contributed by atoms with Crippen LogP contribution in [-0.4, -0.2) is 75.3 Å². The fourth-order valence-electron chi connectivity index (χ4n) is 1.58. The Morgan fingerprint density at radius 2 is 0.935 bits per heavy atom. The maximum Gasteiger partial charge on any atom is 0.411 e. The SMILES string of the molecule is C=COCCOCCOC(=O)C(F)(F)C(F)(F)C(F)(F)C(F)(F)C(=O)OCCOC=C. The van der Waals surface area contributed by atoms with Gasteiger partial charge in [-0.3, -0.25) is 0 Å². The summed E-state index contributed by atoms with van der Waals surface area (Å²) in [6.45, 7) is 2.45. The number of halogens is 8. The second kappa shape index (κ2) is 11.7. The van der Waals surface area contributed by atoms with E-state index in [1.54, 1.807) is 0 Å². The third-order valence-electron chi connectivity index (χ3n) is 3.17. The second-order valence-corrected chi connectivity index (χ2v) is 5.26. The van der Waals surface area contributed by atoms with Crippen molar-refractivity contribution in [2.24, 2.45) is 0 Å². The molecule has 7 nitrogen and oxygen atoms in total. The molecule has 0 fully saturated rings. The van der Waals surface area contributed by atoms with Crippen molar-refractivity contribution < 1.29 is 68.4 Å². The van der Waals surface area contributed by atoms with Gasteiger partial charge in [0.2, 0.25) is 0 Å². The first-order chi connectivity index (χ1) is 14.2. The molecule has 0 saturated heterocycles. The van der Waals surface area contributed by atoms with Crippen LogP contribution in [0.5, 0.6) is 0 Å². The topological polar surface area (TPSA) is 80.3 Å². The van der Waals surface area contributed by atoms with Crippen LogP contribution in [0.1, 0.15) is 0 Å². The predicted octanol–water partition coefficient (Wildman–Crippen LogP) is 2.95. The van der Waals surface area contributed by atoms with Gasteiger partial charge in [0.25, 0.3) is 0 Å². The van der Waals surface area contributed by atoms with Crippen molar-refractivity contribution in [1.82, 2.24) is 0 Å². The van der Waals surface area contributed by atoms with Crippen molar-refractivity contribution in [3.63, 3.8) is 0 Å². The Balaban J connectivity index is 5.16. The predicted molar refractivity (Wildman–Crippen MR) is 84.8 cm³/mol. The highest BCUT2D eigenvalue weighted by Crippen LogP contribution is 2.53. The van der Waals surface area contributed by atoms with Crippen molar-refractivity contribution in [2.45, 2.75) is 23.7 Å². The lowest BCUT2D eigenvalue weighted by Crippen LogP contribution is -2.67. The Kier molecular flexibility index (Phi) is 10.7. The molecule has 0 amide bonds. The average molecular weight is 474 g/mol. The second-order valence-electron chi connectivity index (χ2n) is 5.26. The number of alkyl halides is 8. The quantitative estimate of drug-likeness (QED) is 0.147. The molecule has 0 aromatic rings. The summed E-state index contributed by atoms with van der Waals surface area (Å²) in [7, 11) is 0. The molecule has 0 aromatic heterocycles. The molecule has 31 heavy (non-hydrogen) atoms. The van der Waals surface area contributed by atoms with Crippen molar-refractivity contribution >= 4 is 11.9 Å². The van der Waals surface area contributed by atoms with Crippen LogP contribution in [0.2, 0.25) is 0 Å². The van der Waals surface area contributed by atoms with E-state index < -0.39 is 62.1 Å². The van der Waals surface area contributed by atoms with Crippen molar-refractivity contribution in [3.05, 3.63) is 25.7 Å². The maximum atomic E-state index is 13.7. The fraction of sp³-hybridized carbons (Fsp3) is 0.625. The van der Waals surface area contributed by atoms with Crippen LogP contribution in [0.4, 0.5) is 35.1 Å². The van der Waals surface area contributed by atoms with Crippen LogP contribution < -0.4 is 0 Å². The lowest BCUT2D eigenvalue weighted by atomic mass is 9.98. The van der Waals surface area contributed by atoms with E-state index in [9.17, 15) is 44.7 Å². The fourth-order valence-corrected chi connectivity index (χ4v) is 1.58. The Morgan fingerprint density at radius 1 is 0.613 bits per heavy atom. The lowest BCUT2D eigenvalue weighted by Gasteiger charge is -2.34. The smallest absolute Gasteiger partial charge is 0.411 e. The molecule has 0 spiro atoms. The molecule has 0 rings (SSSR count). The molecule has 0 heterocycles. The molecular weight excluding hydrogens is 456 g/mol. The van der Waals surface area contributed by atoms with Gasteiger partial charge in [0, 0.05) is 0 Å². The van der Waals surface area contributed by atoms with E-state index in [0.29, 0.717) is 0 Å². The van der Waals surface area contributed by atoms with Crippen molar-refractivity contribution in [1.29, 1.82) is 0 Å². The van der Waals surface area contributed by atoms with E-state index in [4.69, 9.17) is 0 Å². The van der Waals surface area contributed by atoms with E-state index in [0.717, 1.165) is 12.5 Å². The van der Waals surface area contributed by atoms with Crippen LogP contribution in [-0.2, 0) is 33.3 Å². The number of hydrogen-bond donors (Lipinski definition) is 0. The number of hydrogen-bond acceptors (Lipinski definition) is 7. The van der Waals surface area contributed by atoms with Crippen LogP contribution in [0.15, 0.2) is 25.7 Å². The molecule has 0 unspecified atom stereocenters. The van der Waals surface area contributed by atoms with Crippen LogP contribution in [0.3, 0.4) is 0 Å². The molecule has 0 radical (unpaired) electrons. The van der Waals surface area contributed by atoms with Gasteiger partial charge < -0.3 is 23.7 Å². The Labute approximate surface area is 170 Å². The van der Waals surface area contributed by atoms with Gasteiger partial charge >= 0.3 is 35.6 Å². The van der Waals surface area contributed by atoms with Crippen LogP contribution >= 0.6 is 0 Å². The first-order valence-electron chi connectivity index (χ1n) is 8.10. The normalized spacial score (nSPS) is 12.6. The van der Waals surface area contributed by atoms with Gasteiger partial charge in [-0.15, -0.1) is 0 Å². The first-order valence-corrected chi connectivity index (χ1v) is 8.10. The molecule has 0 atom stereocenters. The molecule has 0 aliphatic rings. The summed E-state index contributed by atoms with van der Waals surface area (Å²) in [6.07, 6.45) is 1.79. The summed E-state index contributed by atoms with van der Waals surface area (Å²) < 4.78 is 130. The highest BCUT2D eigenvalue weighted by Gasteiger charge is 2.85. The van der Waals surface area contributed by atoms with E-state index in [2.05, 4.69) is 36.8 Å². The van der Waals surface area contributed by atoms with Gasteiger partial charge in [0.1, 0.15) is 26.4 Å². The number of carbonyl (C=O) groups excluding carboxylic acids is 2. The molecule has 0 aliphatic carbocycles. The van der Waals surface area contributed by atoms with Crippen molar-refractivity contribution in [3.8, 4) is 0 Å². The zero-order valence-corrected chi connectivity index (χ0v) is 15.7. The van der Waals surface area contributed by atoms with Crippen LogP contribution in [0, 0.1) is 0 Å². The summed E-state index contributed by atoms with van der Waals surface area (Å²) in [5.41, 5.74) is 0. The van der Waals surface area contributed by atoms with Crippen molar-refractivity contribution in [2.75, 3.05) is 39.6 Å². The molecule has 0 aliphatic heterocycles. The third-order valence-corrected chi connectivity index (χ3v) is 3.17. The van der Waals surface area contributed by atoms with Gasteiger partial charge in [0.15, 0.2) is 0 Å². The molecular formula is C16H18F8O7. The minimum atomic E-state index is -7.05. The van der Waals surface area contributed by atoms with E-state index in [1.807, 2.05) is 0 Å². The number of ether oxygens (including phenoxy) is 5.